The van der Waals surface area contributed by atoms with Crippen molar-refractivity contribution < 1.29 is 0 Å². The molecule has 0 N–H and O–H groups in total. The highest BCUT2D eigenvalue weighted by Crippen LogP contribution is 2.39. The average molecular weight is 196 g/mol. The van der Waals surface area contributed by atoms with E-state index in [2.05, 4.69) is 13.8 Å². The van der Waals surface area contributed by atoms with Gasteiger partial charge in [-0.2, -0.15) is 0 Å². The number of hydrogen-bond donors (Lipinski definition) is 0. The van der Waals surface area contributed by atoms with Crippen molar-refractivity contribution in [2.45, 2.75) is 78.1 Å². The summed E-state index contributed by atoms with van der Waals surface area (Å²) in [6.07, 6.45) is 14.8. The van der Waals surface area contributed by atoms with Crippen LogP contribution in [0.15, 0.2) is 0 Å². The standard InChI is InChI=1S/C14H28/c1-3-5-6-7-8-10-14-11-13(12-14)9-4-2/h13-14H,3-12H2,1-2H3. The average Bonchev–Trinajstić information content (AvgIpc) is 2.13. The Balaban J connectivity index is 1.81. The van der Waals surface area contributed by atoms with Crippen LogP contribution in [-0.4, -0.2) is 0 Å². The summed E-state index contributed by atoms with van der Waals surface area (Å²) >= 11 is 0. The van der Waals surface area contributed by atoms with Crippen molar-refractivity contribution in [3.8, 4) is 0 Å². The maximum atomic E-state index is 2.32. The molecule has 0 aromatic heterocycles. The van der Waals surface area contributed by atoms with Gasteiger partial charge in [-0.25, -0.2) is 0 Å². The van der Waals surface area contributed by atoms with E-state index in [9.17, 15) is 0 Å². The Morgan fingerprint density at radius 1 is 0.714 bits per heavy atom. The molecule has 1 saturated carbocycles. The van der Waals surface area contributed by atoms with Gasteiger partial charge in [0.25, 0.3) is 0 Å². The third-order valence-electron chi connectivity index (χ3n) is 3.75. The van der Waals surface area contributed by atoms with Gasteiger partial charge in [0.05, 0.1) is 0 Å². The molecule has 0 bridgehead atoms. The number of unbranched alkanes of at least 4 members (excludes halogenated alkanes) is 4. The molecule has 84 valence electrons. The lowest BCUT2D eigenvalue weighted by Gasteiger charge is -2.35. The maximum Gasteiger partial charge on any atom is -0.0409 e. The minimum Gasteiger partial charge on any atom is -0.0654 e. The molecule has 0 heteroatoms. The highest BCUT2D eigenvalue weighted by atomic mass is 14.3. The Morgan fingerprint density at radius 2 is 1.36 bits per heavy atom. The van der Waals surface area contributed by atoms with Crippen molar-refractivity contribution in [3.63, 3.8) is 0 Å². The van der Waals surface area contributed by atoms with Gasteiger partial charge in [0.1, 0.15) is 0 Å². The van der Waals surface area contributed by atoms with Gasteiger partial charge in [0, 0.05) is 0 Å². The molecule has 14 heavy (non-hydrogen) atoms. The topological polar surface area (TPSA) is 0 Å². The van der Waals surface area contributed by atoms with E-state index in [-0.39, 0.29) is 0 Å². The Labute approximate surface area is 90.5 Å². The number of rotatable bonds is 8. The van der Waals surface area contributed by atoms with Gasteiger partial charge in [-0.15, -0.1) is 0 Å². The molecule has 0 aromatic rings. The summed E-state index contributed by atoms with van der Waals surface area (Å²) in [6, 6.07) is 0. The first-order valence-electron chi connectivity index (χ1n) is 6.86. The van der Waals surface area contributed by atoms with E-state index in [4.69, 9.17) is 0 Å². The molecule has 1 fully saturated rings. The lowest BCUT2D eigenvalue weighted by atomic mass is 9.71. The largest absolute Gasteiger partial charge is 0.0654 e. The van der Waals surface area contributed by atoms with E-state index in [0.29, 0.717) is 0 Å². The van der Waals surface area contributed by atoms with E-state index >= 15 is 0 Å². The summed E-state index contributed by atoms with van der Waals surface area (Å²) in [4.78, 5) is 0. The van der Waals surface area contributed by atoms with Gasteiger partial charge >= 0.3 is 0 Å². The third-order valence-corrected chi connectivity index (χ3v) is 3.75. The molecular weight excluding hydrogens is 168 g/mol. The minimum absolute atomic E-state index is 1.11. The molecule has 0 unspecified atom stereocenters. The molecular formula is C14H28. The van der Waals surface area contributed by atoms with Crippen LogP contribution in [0.2, 0.25) is 0 Å². The van der Waals surface area contributed by atoms with E-state index in [1.165, 1.54) is 51.4 Å². The van der Waals surface area contributed by atoms with Gasteiger partial charge in [-0.1, -0.05) is 65.2 Å². The summed E-state index contributed by atoms with van der Waals surface area (Å²) in [5, 5.41) is 0. The predicted octanol–water partition coefficient (Wildman–Crippen LogP) is 5.17. The van der Waals surface area contributed by atoms with Crippen LogP contribution >= 0.6 is 0 Å². The zero-order valence-electron chi connectivity index (χ0n) is 10.2. The number of hydrogen-bond acceptors (Lipinski definition) is 0. The third kappa shape index (κ3) is 4.48. The Kier molecular flexibility index (Phi) is 6.31. The molecule has 0 aromatic carbocycles. The molecule has 0 saturated heterocycles. The molecule has 0 nitrogen and oxygen atoms in total. The van der Waals surface area contributed by atoms with Crippen molar-refractivity contribution in [2.75, 3.05) is 0 Å². The van der Waals surface area contributed by atoms with Gasteiger partial charge < -0.3 is 0 Å². The quantitative estimate of drug-likeness (QED) is 0.470. The zero-order chi connectivity index (χ0) is 10.2. The summed E-state index contributed by atoms with van der Waals surface area (Å²) < 4.78 is 0. The molecule has 1 aliphatic rings. The first-order valence-corrected chi connectivity index (χ1v) is 6.86. The van der Waals surface area contributed by atoms with Crippen molar-refractivity contribution in [2.24, 2.45) is 11.8 Å². The Bertz CT molecular complexity index is 122. The molecule has 1 aliphatic carbocycles. The van der Waals surface area contributed by atoms with Crippen molar-refractivity contribution >= 4 is 0 Å². The lowest BCUT2D eigenvalue weighted by Crippen LogP contribution is -2.23. The predicted molar refractivity (Wildman–Crippen MR) is 64.5 cm³/mol. The van der Waals surface area contributed by atoms with Crippen LogP contribution in [0.4, 0.5) is 0 Å². The van der Waals surface area contributed by atoms with Gasteiger partial charge in [0.2, 0.25) is 0 Å². The highest BCUT2D eigenvalue weighted by Gasteiger charge is 2.27. The summed E-state index contributed by atoms with van der Waals surface area (Å²) in [6.45, 7) is 4.61. The van der Waals surface area contributed by atoms with Gasteiger partial charge in [-0.3, -0.25) is 0 Å². The van der Waals surface area contributed by atoms with Crippen LogP contribution in [0, 0.1) is 11.8 Å². The fraction of sp³-hybridized carbons (Fsp3) is 1.00. The van der Waals surface area contributed by atoms with E-state index in [1.54, 1.807) is 12.8 Å². The second kappa shape index (κ2) is 7.31. The molecule has 0 aliphatic heterocycles. The summed E-state index contributed by atoms with van der Waals surface area (Å²) in [5.74, 6) is 2.23. The smallest absolute Gasteiger partial charge is 0.0409 e. The van der Waals surface area contributed by atoms with Crippen LogP contribution in [0.25, 0.3) is 0 Å². The minimum atomic E-state index is 1.11. The van der Waals surface area contributed by atoms with Crippen LogP contribution in [0.1, 0.15) is 78.1 Å². The van der Waals surface area contributed by atoms with Crippen molar-refractivity contribution in [1.82, 2.24) is 0 Å². The lowest BCUT2D eigenvalue weighted by molar-refractivity contribution is 0.166. The Hall–Kier alpha value is 0. The van der Waals surface area contributed by atoms with Crippen molar-refractivity contribution in [3.05, 3.63) is 0 Å². The second-order valence-corrected chi connectivity index (χ2v) is 5.20. The first-order chi connectivity index (χ1) is 6.86. The molecule has 0 amide bonds. The van der Waals surface area contributed by atoms with E-state index in [0.717, 1.165) is 11.8 Å². The molecule has 0 spiro atoms. The van der Waals surface area contributed by atoms with Crippen LogP contribution < -0.4 is 0 Å². The SMILES string of the molecule is CCCCCCCC1CC(CCC)C1. The zero-order valence-corrected chi connectivity index (χ0v) is 10.2. The molecule has 1 rings (SSSR count). The van der Waals surface area contributed by atoms with Gasteiger partial charge in [-0.05, 0) is 24.7 Å². The van der Waals surface area contributed by atoms with E-state index < -0.39 is 0 Å². The first kappa shape index (κ1) is 12.1. The normalized spacial score (nSPS) is 26.1. The molecule has 0 radical (unpaired) electrons. The molecule has 0 heterocycles. The molecule has 0 atom stereocenters. The highest BCUT2D eigenvalue weighted by molar-refractivity contribution is 4.78. The summed E-state index contributed by atoms with van der Waals surface area (Å²) in [7, 11) is 0. The van der Waals surface area contributed by atoms with Crippen molar-refractivity contribution in [1.29, 1.82) is 0 Å². The van der Waals surface area contributed by atoms with Crippen LogP contribution in [0.3, 0.4) is 0 Å². The fourth-order valence-electron chi connectivity index (χ4n) is 2.79. The fourth-order valence-corrected chi connectivity index (χ4v) is 2.79. The van der Waals surface area contributed by atoms with Gasteiger partial charge in [0.15, 0.2) is 0 Å². The maximum absolute atomic E-state index is 2.32. The second-order valence-electron chi connectivity index (χ2n) is 5.20. The van der Waals surface area contributed by atoms with E-state index in [1.807, 2.05) is 0 Å². The summed E-state index contributed by atoms with van der Waals surface area (Å²) in [5.41, 5.74) is 0. The van der Waals surface area contributed by atoms with Crippen LogP contribution in [-0.2, 0) is 0 Å². The van der Waals surface area contributed by atoms with Crippen LogP contribution in [0.5, 0.6) is 0 Å². The Morgan fingerprint density at radius 3 is 2.00 bits per heavy atom. The monoisotopic (exact) mass is 196 g/mol.